The van der Waals surface area contributed by atoms with E-state index < -0.39 is 11.5 Å². The number of aromatic nitrogens is 3. The first kappa shape index (κ1) is 15.6. The number of carbonyl (C=O) groups excluding carboxylic acids is 1. The highest BCUT2D eigenvalue weighted by Crippen LogP contribution is 2.34. The fourth-order valence-corrected chi connectivity index (χ4v) is 2.90. The zero-order valence-electron chi connectivity index (χ0n) is 12.2. The summed E-state index contributed by atoms with van der Waals surface area (Å²) in [7, 11) is 1.21. The lowest BCUT2D eigenvalue weighted by atomic mass is 10.1. The first-order valence-electron chi connectivity index (χ1n) is 6.58. The molecule has 1 aromatic carbocycles. The molecule has 0 spiro atoms. The molecule has 118 valence electrons. The fraction of sp³-hybridized carbons (Fsp3) is 0.133. The quantitative estimate of drug-likeness (QED) is 0.719. The molecule has 0 unspecified atom stereocenters. The van der Waals surface area contributed by atoms with Crippen LogP contribution in [0, 0.1) is 6.92 Å². The average molecular weight is 352 g/mol. The van der Waals surface area contributed by atoms with Crippen molar-refractivity contribution in [3.05, 3.63) is 56.1 Å². The van der Waals surface area contributed by atoms with Crippen LogP contribution in [-0.4, -0.2) is 27.7 Å². The van der Waals surface area contributed by atoms with Crippen molar-refractivity contribution in [3.63, 3.8) is 0 Å². The van der Waals surface area contributed by atoms with E-state index >= 15 is 0 Å². The molecule has 0 radical (unpaired) electrons. The molecule has 0 atom stereocenters. The number of carbonyl (C=O) groups is 1. The zero-order valence-corrected chi connectivity index (χ0v) is 13.7. The third-order valence-corrected chi connectivity index (χ3v) is 3.99. The Balaban J connectivity index is 2.32. The smallest absolute Gasteiger partial charge is 0.345 e. The van der Waals surface area contributed by atoms with Gasteiger partial charge in [0.1, 0.15) is 11.2 Å². The zero-order chi connectivity index (χ0) is 16.7. The van der Waals surface area contributed by atoms with Crippen molar-refractivity contribution in [3.8, 4) is 11.1 Å². The van der Waals surface area contributed by atoms with Crippen molar-refractivity contribution >= 4 is 34.8 Å². The largest absolute Gasteiger partial charge is 0.465 e. The van der Waals surface area contributed by atoms with Crippen molar-refractivity contribution in [1.29, 1.82) is 0 Å². The summed E-state index contributed by atoms with van der Waals surface area (Å²) in [5.74, 6) is -0.729. The van der Waals surface area contributed by atoms with E-state index in [2.05, 4.69) is 14.8 Å². The number of esters is 1. The van der Waals surface area contributed by atoms with Crippen LogP contribution < -0.4 is 5.56 Å². The van der Waals surface area contributed by atoms with Crippen LogP contribution in [0.3, 0.4) is 0 Å². The van der Waals surface area contributed by atoms with Gasteiger partial charge in [0.25, 0.3) is 5.56 Å². The molecule has 3 rings (SSSR count). The Morgan fingerprint density at radius 3 is 2.74 bits per heavy atom. The predicted molar refractivity (Wildman–Crippen MR) is 87.3 cm³/mol. The number of hydrogen-bond acceptors (Lipinski definition) is 4. The Kier molecular flexibility index (Phi) is 3.87. The third kappa shape index (κ3) is 2.50. The molecule has 2 heterocycles. The Morgan fingerprint density at radius 1 is 1.35 bits per heavy atom. The van der Waals surface area contributed by atoms with E-state index in [-0.39, 0.29) is 5.56 Å². The molecule has 0 saturated heterocycles. The minimum atomic E-state index is -0.729. The van der Waals surface area contributed by atoms with Gasteiger partial charge in [0.2, 0.25) is 0 Å². The second-order valence-electron chi connectivity index (χ2n) is 4.84. The molecule has 1 N–H and O–H groups in total. The minimum absolute atomic E-state index is 0.128. The number of hydrogen-bond donors (Lipinski definition) is 1. The van der Waals surface area contributed by atoms with Crippen molar-refractivity contribution in [1.82, 2.24) is 14.6 Å². The number of nitrogens with one attached hydrogen (secondary N) is 1. The summed E-state index contributed by atoms with van der Waals surface area (Å²) in [4.78, 5) is 26.9. The van der Waals surface area contributed by atoms with Crippen LogP contribution in [0.4, 0.5) is 0 Å². The number of halogens is 2. The molecule has 0 bridgehead atoms. The lowest BCUT2D eigenvalue weighted by molar-refractivity contribution is 0.0598. The van der Waals surface area contributed by atoms with Gasteiger partial charge in [-0.2, -0.15) is 9.61 Å². The standard InChI is InChI=1S/C15H11Cl2N3O3/c1-7-12(9-4-3-8(16)5-11(9)17)13-18-6-10(15(22)23-2)14(21)20(13)19-7/h3-6,18H,1-2H3. The van der Waals surface area contributed by atoms with Gasteiger partial charge < -0.3 is 9.72 Å². The number of ether oxygens (including phenoxy) is 1. The molecule has 0 aliphatic carbocycles. The monoisotopic (exact) mass is 351 g/mol. The van der Waals surface area contributed by atoms with Gasteiger partial charge in [0.15, 0.2) is 0 Å². The lowest BCUT2D eigenvalue weighted by Gasteiger charge is -2.05. The van der Waals surface area contributed by atoms with Gasteiger partial charge in [-0.1, -0.05) is 29.3 Å². The maximum absolute atomic E-state index is 12.4. The molecule has 0 amide bonds. The number of fused-ring (bicyclic) bond motifs is 1. The summed E-state index contributed by atoms with van der Waals surface area (Å²) in [6.07, 6.45) is 1.30. The number of aromatic amines is 1. The summed E-state index contributed by atoms with van der Waals surface area (Å²) in [6.45, 7) is 1.75. The molecule has 6 nitrogen and oxygen atoms in total. The van der Waals surface area contributed by atoms with Crippen LogP contribution >= 0.6 is 23.2 Å². The number of benzene rings is 1. The molecule has 0 saturated carbocycles. The fourth-order valence-electron chi connectivity index (χ4n) is 2.39. The number of nitrogens with zero attached hydrogens (tertiary/aromatic N) is 2. The van der Waals surface area contributed by atoms with Crippen molar-refractivity contribution in [2.75, 3.05) is 7.11 Å². The lowest BCUT2D eigenvalue weighted by Crippen LogP contribution is -2.23. The van der Waals surface area contributed by atoms with E-state index in [1.807, 2.05) is 0 Å². The van der Waals surface area contributed by atoms with Gasteiger partial charge in [-0.25, -0.2) is 4.79 Å². The van der Waals surface area contributed by atoms with Crippen molar-refractivity contribution < 1.29 is 9.53 Å². The first-order chi connectivity index (χ1) is 10.9. The molecule has 23 heavy (non-hydrogen) atoms. The van der Waals surface area contributed by atoms with Gasteiger partial charge in [0.05, 0.1) is 17.8 Å². The van der Waals surface area contributed by atoms with Gasteiger partial charge in [-0.15, -0.1) is 0 Å². The van der Waals surface area contributed by atoms with Crippen LogP contribution in [0.2, 0.25) is 10.0 Å². The van der Waals surface area contributed by atoms with Crippen LogP contribution in [0.25, 0.3) is 16.8 Å². The summed E-state index contributed by atoms with van der Waals surface area (Å²) in [6, 6.07) is 5.07. The average Bonchev–Trinajstić information content (AvgIpc) is 2.84. The SMILES string of the molecule is COC(=O)c1c[nH]c2c(-c3ccc(Cl)cc3Cl)c(C)nn2c1=O. The third-order valence-electron chi connectivity index (χ3n) is 3.44. The highest BCUT2D eigenvalue weighted by Gasteiger charge is 2.20. The minimum Gasteiger partial charge on any atom is -0.465 e. The van der Waals surface area contributed by atoms with Gasteiger partial charge in [-0.3, -0.25) is 4.79 Å². The van der Waals surface area contributed by atoms with Crippen molar-refractivity contribution in [2.24, 2.45) is 0 Å². The highest BCUT2D eigenvalue weighted by atomic mass is 35.5. The molecule has 0 aliphatic heterocycles. The summed E-state index contributed by atoms with van der Waals surface area (Å²) in [5, 5.41) is 5.15. The maximum atomic E-state index is 12.4. The first-order valence-corrected chi connectivity index (χ1v) is 7.34. The number of aryl methyl sites for hydroxylation is 1. The molecular formula is C15H11Cl2N3O3. The second kappa shape index (κ2) is 5.72. The van der Waals surface area contributed by atoms with E-state index in [4.69, 9.17) is 23.2 Å². The molecule has 0 fully saturated rings. The molecule has 2 aromatic heterocycles. The van der Waals surface area contributed by atoms with Crippen molar-refractivity contribution in [2.45, 2.75) is 6.92 Å². The van der Waals surface area contributed by atoms with E-state index in [1.54, 1.807) is 25.1 Å². The van der Waals surface area contributed by atoms with E-state index in [1.165, 1.54) is 13.3 Å². The Hall–Kier alpha value is -2.31. The van der Waals surface area contributed by atoms with Gasteiger partial charge in [0, 0.05) is 22.3 Å². The normalized spacial score (nSPS) is 11.0. The topological polar surface area (TPSA) is 76.5 Å². The van der Waals surface area contributed by atoms with E-state index in [9.17, 15) is 9.59 Å². The summed E-state index contributed by atoms with van der Waals surface area (Å²) in [5.41, 5.74) is 1.68. The highest BCUT2D eigenvalue weighted by molar-refractivity contribution is 6.36. The maximum Gasteiger partial charge on any atom is 0.345 e. The molecule has 8 heteroatoms. The predicted octanol–water partition coefficient (Wildman–Crippen LogP) is 3.09. The Morgan fingerprint density at radius 2 is 2.09 bits per heavy atom. The second-order valence-corrected chi connectivity index (χ2v) is 5.69. The number of H-pyrrole nitrogens is 1. The molecule has 3 aromatic rings. The summed E-state index contributed by atoms with van der Waals surface area (Å²) >= 11 is 12.2. The van der Waals surface area contributed by atoms with Gasteiger partial charge in [-0.05, 0) is 19.1 Å². The summed E-state index contributed by atoms with van der Waals surface area (Å²) < 4.78 is 5.71. The Bertz CT molecular complexity index is 992. The van der Waals surface area contributed by atoms with Crippen LogP contribution in [0.1, 0.15) is 16.1 Å². The number of methoxy groups -OCH3 is 1. The van der Waals surface area contributed by atoms with E-state index in [0.29, 0.717) is 32.5 Å². The van der Waals surface area contributed by atoms with Crippen LogP contribution in [0.5, 0.6) is 0 Å². The van der Waals surface area contributed by atoms with E-state index in [0.717, 1.165) is 4.52 Å². The molecule has 0 aliphatic rings. The number of rotatable bonds is 2. The van der Waals surface area contributed by atoms with Crippen LogP contribution in [-0.2, 0) is 4.74 Å². The Labute approximate surface area is 140 Å². The van der Waals surface area contributed by atoms with Gasteiger partial charge >= 0.3 is 5.97 Å². The molecular weight excluding hydrogens is 341 g/mol. The van der Waals surface area contributed by atoms with Crippen LogP contribution in [0.15, 0.2) is 29.2 Å².